The minimum Gasteiger partial charge on any atom is -0.481 e. The highest BCUT2D eigenvalue weighted by molar-refractivity contribution is 6.30. The number of benzene rings is 1. The second-order valence-corrected chi connectivity index (χ2v) is 5.99. The molecule has 0 spiro atoms. The molecule has 20 heavy (non-hydrogen) atoms. The van der Waals surface area contributed by atoms with E-state index in [9.17, 15) is 9.59 Å². The van der Waals surface area contributed by atoms with Crippen molar-refractivity contribution in [3.05, 3.63) is 34.3 Å². The summed E-state index contributed by atoms with van der Waals surface area (Å²) in [6, 6.07) is 5.00. The third-order valence-electron chi connectivity index (χ3n) is 3.62. The first-order valence-corrected chi connectivity index (χ1v) is 6.84. The number of rotatable bonds is 5. The van der Waals surface area contributed by atoms with Crippen LogP contribution in [0.4, 0.5) is 0 Å². The number of halogens is 1. The Balaban J connectivity index is 2.99. The normalized spacial score (nSPS) is 13.9. The Morgan fingerprint density at radius 2 is 2.00 bits per heavy atom. The molecule has 0 radical (unpaired) electrons. The fourth-order valence-corrected chi connectivity index (χ4v) is 2.14. The number of aryl methyl sites for hydroxylation is 1. The molecule has 0 aliphatic rings. The van der Waals surface area contributed by atoms with Gasteiger partial charge in [-0.1, -0.05) is 25.4 Å². The van der Waals surface area contributed by atoms with E-state index in [1.807, 2.05) is 13.8 Å². The lowest BCUT2D eigenvalue weighted by atomic mass is 9.85. The lowest BCUT2D eigenvalue weighted by molar-refractivity contribution is -0.138. The van der Waals surface area contributed by atoms with Crippen LogP contribution in [-0.2, 0) is 4.79 Å². The first-order valence-electron chi connectivity index (χ1n) is 6.46. The van der Waals surface area contributed by atoms with Crippen molar-refractivity contribution in [3.8, 4) is 0 Å². The number of carboxylic acid groups (broad SMARTS) is 1. The number of carbonyl (C=O) groups is 2. The maximum Gasteiger partial charge on any atom is 0.305 e. The Kier molecular flexibility index (Phi) is 5.17. The minimum absolute atomic E-state index is 0.00448. The Labute approximate surface area is 124 Å². The molecule has 1 unspecified atom stereocenters. The van der Waals surface area contributed by atoms with Crippen LogP contribution in [0.25, 0.3) is 0 Å². The second kappa shape index (κ2) is 6.27. The number of carbonyl (C=O) groups excluding carboxylic acids is 1. The number of hydrogen-bond donors (Lipinski definition) is 2. The summed E-state index contributed by atoms with van der Waals surface area (Å²) < 4.78 is 0. The monoisotopic (exact) mass is 297 g/mol. The third-order valence-corrected chi connectivity index (χ3v) is 3.86. The first kappa shape index (κ1) is 16.5. The van der Waals surface area contributed by atoms with Crippen LogP contribution in [0.3, 0.4) is 0 Å². The van der Waals surface area contributed by atoms with Crippen LogP contribution in [0.2, 0.25) is 5.02 Å². The Bertz CT molecular complexity index is 528. The predicted octanol–water partition coefficient (Wildman–Crippen LogP) is 3.27. The Morgan fingerprint density at radius 1 is 1.40 bits per heavy atom. The third kappa shape index (κ3) is 3.97. The molecule has 1 aromatic rings. The summed E-state index contributed by atoms with van der Waals surface area (Å²) in [7, 11) is 0. The summed E-state index contributed by atoms with van der Waals surface area (Å²) >= 11 is 5.86. The fraction of sp³-hybridized carbons (Fsp3) is 0.467. The van der Waals surface area contributed by atoms with Crippen LogP contribution in [0.15, 0.2) is 18.2 Å². The van der Waals surface area contributed by atoms with Gasteiger partial charge in [0.1, 0.15) is 0 Å². The highest BCUT2D eigenvalue weighted by Crippen LogP contribution is 2.23. The van der Waals surface area contributed by atoms with Gasteiger partial charge in [0, 0.05) is 10.6 Å². The van der Waals surface area contributed by atoms with Crippen molar-refractivity contribution in [2.24, 2.45) is 5.92 Å². The Morgan fingerprint density at radius 3 is 2.45 bits per heavy atom. The van der Waals surface area contributed by atoms with Gasteiger partial charge in [0.25, 0.3) is 5.91 Å². The zero-order valence-electron chi connectivity index (χ0n) is 12.2. The highest BCUT2D eigenvalue weighted by Gasteiger charge is 2.33. The van der Waals surface area contributed by atoms with Crippen molar-refractivity contribution in [1.82, 2.24) is 5.32 Å². The van der Waals surface area contributed by atoms with Gasteiger partial charge in [-0.2, -0.15) is 0 Å². The van der Waals surface area contributed by atoms with Crippen molar-refractivity contribution in [2.75, 3.05) is 0 Å². The molecule has 0 aliphatic carbocycles. The quantitative estimate of drug-likeness (QED) is 0.876. The summed E-state index contributed by atoms with van der Waals surface area (Å²) in [6.07, 6.45) is -0.122. The molecule has 0 aliphatic heterocycles. The Hall–Kier alpha value is -1.55. The van der Waals surface area contributed by atoms with Gasteiger partial charge in [-0.3, -0.25) is 9.59 Å². The number of hydrogen-bond acceptors (Lipinski definition) is 2. The van der Waals surface area contributed by atoms with Crippen LogP contribution >= 0.6 is 11.6 Å². The van der Waals surface area contributed by atoms with E-state index in [1.54, 1.807) is 32.0 Å². The molecule has 0 bridgehead atoms. The smallest absolute Gasteiger partial charge is 0.305 e. The van der Waals surface area contributed by atoms with Crippen LogP contribution < -0.4 is 5.32 Å². The molecule has 2 N–H and O–H groups in total. The van der Waals surface area contributed by atoms with Crippen molar-refractivity contribution < 1.29 is 14.7 Å². The first-order chi connectivity index (χ1) is 9.15. The summed E-state index contributed by atoms with van der Waals surface area (Å²) in [5.74, 6) is -1.22. The molecule has 1 rings (SSSR count). The lowest BCUT2D eigenvalue weighted by Gasteiger charge is -2.33. The van der Waals surface area contributed by atoms with Gasteiger partial charge in [-0.05, 0) is 43.5 Å². The maximum absolute atomic E-state index is 12.3. The van der Waals surface area contributed by atoms with Gasteiger partial charge in [0.2, 0.25) is 0 Å². The fourth-order valence-electron chi connectivity index (χ4n) is 1.92. The SMILES string of the molecule is Cc1cc(Cl)ccc1C(=O)NC(C)(CC(=O)O)C(C)C. The van der Waals surface area contributed by atoms with E-state index >= 15 is 0 Å². The van der Waals surface area contributed by atoms with Gasteiger partial charge in [-0.15, -0.1) is 0 Å². The van der Waals surface area contributed by atoms with Gasteiger partial charge >= 0.3 is 5.97 Å². The summed E-state index contributed by atoms with van der Waals surface area (Å²) in [5.41, 5.74) is 0.470. The molecule has 1 amide bonds. The van der Waals surface area contributed by atoms with Crippen LogP contribution in [0.5, 0.6) is 0 Å². The maximum atomic E-state index is 12.3. The number of amides is 1. The van der Waals surface area contributed by atoms with Crippen molar-refractivity contribution in [2.45, 2.75) is 39.7 Å². The topological polar surface area (TPSA) is 66.4 Å². The molecule has 0 heterocycles. The molecule has 1 atom stereocenters. The van der Waals surface area contributed by atoms with E-state index < -0.39 is 11.5 Å². The van der Waals surface area contributed by atoms with Crippen LogP contribution in [0.1, 0.15) is 43.1 Å². The van der Waals surface area contributed by atoms with E-state index in [-0.39, 0.29) is 18.2 Å². The lowest BCUT2D eigenvalue weighted by Crippen LogP contribution is -2.51. The number of carboxylic acids is 1. The average Bonchev–Trinajstić information content (AvgIpc) is 2.26. The second-order valence-electron chi connectivity index (χ2n) is 5.56. The molecule has 0 saturated heterocycles. The predicted molar refractivity (Wildman–Crippen MR) is 79.2 cm³/mol. The van der Waals surface area contributed by atoms with E-state index in [2.05, 4.69) is 5.32 Å². The van der Waals surface area contributed by atoms with Gasteiger partial charge < -0.3 is 10.4 Å². The van der Waals surface area contributed by atoms with Gasteiger partial charge in [0.15, 0.2) is 0 Å². The van der Waals surface area contributed by atoms with Crippen molar-refractivity contribution in [1.29, 1.82) is 0 Å². The highest BCUT2D eigenvalue weighted by atomic mass is 35.5. The van der Waals surface area contributed by atoms with E-state index in [0.717, 1.165) is 5.56 Å². The van der Waals surface area contributed by atoms with Crippen LogP contribution in [-0.4, -0.2) is 22.5 Å². The largest absolute Gasteiger partial charge is 0.481 e. The van der Waals surface area contributed by atoms with Crippen molar-refractivity contribution in [3.63, 3.8) is 0 Å². The number of nitrogens with one attached hydrogen (secondary N) is 1. The molecule has 110 valence electrons. The van der Waals surface area contributed by atoms with E-state index in [0.29, 0.717) is 10.6 Å². The molecule has 5 heteroatoms. The molecule has 0 fully saturated rings. The summed E-state index contributed by atoms with van der Waals surface area (Å²) in [6.45, 7) is 7.31. The molecular weight excluding hydrogens is 278 g/mol. The standard InChI is InChI=1S/C15H20ClNO3/c1-9(2)15(4,8-13(18)19)17-14(20)12-6-5-11(16)7-10(12)3/h5-7,9H,8H2,1-4H3,(H,17,20)(H,18,19). The summed E-state index contributed by atoms with van der Waals surface area (Å²) in [5, 5.41) is 12.4. The molecule has 4 nitrogen and oxygen atoms in total. The van der Waals surface area contributed by atoms with Gasteiger partial charge in [-0.25, -0.2) is 0 Å². The van der Waals surface area contributed by atoms with E-state index in [1.165, 1.54) is 0 Å². The zero-order valence-corrected chi connectivity index (χ0v) is 12.9. The minimum atomic E-state index is -0.936. The van der Waals surface area contributed by atoms with Crippen molar-refractivity contribution >= 4 is 23.5 Å². The summed E-state index contributed by atoms with van der Waals surface area (Å²) in [4.78, 5) is 23.3. The van der Waals surface area contributed by atoms with Crippen LogP contribution in [0, 0.1) is 12.8 Å². The molecular formula is C15H20ClNO3. The number of aliphatic carboxylic acids is 1. The zero-order chi connectivity index (χ0) is 15.5. The molecule has 1 aromatic carbocycles. The average molecular weight is 298 g/mol. The molecule has 0 saturated carbocycles. The molecule has 0 aromatic heterocycles. The van der Waals surface area contributed by atoms with Gasteiger partial charge in [0.05, 0.1) is 12.0 Å². The van der Waals surface area contributed by atoms with E-state index in [4.69, 9.17) is 16.7 Å².